The highest BCUT2D eigenvalue weighted by molar-refractivity contribution is 5.43. The Balaban J connectivity index is 2.07. The normalized spacial score (nSPS) is 23.5. The lowest BCUT2D eigenvalue weighted by Crippen LogP contribution is -2.27. The van der Waals surface area contributed by atoms with E-state index in [0.717, 1.165) is 31.9 Å². The summed E-state index contributed by atoms with van der Waals surface area (Å²) in [7, 11) is 3.47. The number of hydrogen-bond donors (Lipinski definition) is 1. The first kappa shape index (κ1) is 16.2. The Morgan fingerprint density at radius 3 is 2.57 bits per heavy atom. The lowest BCUT2D eigenvalue weighted by atomic mass is 10.1. The molecule has 5 heteroatoms. The number of hydrogen-bond acceptors (Lipinski definition) is 5. The average Bonchev–Trinajstić information content (AvgIpc) is 2.96. The molecular formula is C16H27N3O2. The lowest BCUT2D eigenvalue weighted by Gasteiger charge is -2.19. The van der Waals surface area contributed by atoms with Crippen molar-refractivity contribution < 1.29 is 9.47 Å². The molecule has 1 aromatic rings. The van der Waals surface area contributed by atoms with E-state index >= 15 is 0 Å². The molecular weight excluding hydrogens is 266 g/mol. The van der Waals surface area contributed by atoms with E-state index in [1.165, 1.54) is 5.56 Å². The Morgan fingerprint density at radius 1 is 1.33 bits per heavy atom. The summed E-state index contributed by atoms with van der Waals surface area (Å²) < 4.78 is 11.0. The fourth-order valence-electron chi connectivity index (χ4n) is 2.74. The van der Waals surface area contributed by atoms with E-state index in [1.54, 1.807) is 14.2 Å². The van der Waals surface area contributed by atoms with Gasteiger partial charge in [-0.1, -0.05) is 6.92 Å². The second-order valence-electron chi connectivity index (χ2n) is 5.58. The van der Waals surface area contributed by atoms with Crippen molar-refractivity contribution in [3.63, 3.8) is 0 Å². The maximum Gasteiger partial charge on any atom is 0.128 e. The van der Waals surface area contributed by atoms with Gasteiger partial charge in [0.25, 0.3) is 0 Å². The third-order valence-electron chi connectivity index (χ3n) is 4.11. The molecule has 5 nitrogen and oxygen atoms in total. The van der Waals surface area contributed by atoms with Crippen LogP contribution in [0.1, 0.15) is 31.9 Å². The number of aromatic nitrogens is 1. The molecule has 1 saturated heterocycles. The molecule has 2 rings (SSSR count). The molecule has 0 radical (unpaired) electrons. The minimum absolute atomic E-state index is 0.107. The predicted molar refractivity (Wildman–Crippen MR) is 84.8 cm³/mol. The van der Waals surface area contributed by atoms with E-state index < -0.39 is 0 Å². The number of nitrogens with zero attached hydrogens (tertiary/aromatic N) is 2. The molecule has 3 atom stereocenters. The molecule has 1 fully saturated rings. The number of methoxy groups -OCH3 is 2. The molecule has 1 aromatic heterocycles. The van der Waals surface area contributed by atoms with Crippen molar-refractivity contribution in [3.05, 3.63) is 23.9 Å². The molecule has 3 unspecified atom stereocenters. The standard InChI is InChI=1S/C16H27N3O2/c1-5-7-17-12(2)13-6-8-18-16(9-13)19-10-14(20-3)15(11-19)21-4/h6,8-9,12,14-15,17H,5,7,10-11H2,1-4H3. The van der Waals surface area contributed by atoms with E-state index in [9.17, 15) is 0 Å². The molecule has 0 amide bonds. The van der Waals surface area contributed by atoms with Crippen LogP contribution in [0.25, 0.3) is 0 Å². The number of ether oxygens (including phenoxy) is 2. The fraction of sp³-hybridized carbons (Fsp3) is 0.688. The minimum atomic E-state index is 0.107. The summed E-state index contributed by atoms with van der Waals surface area (Å²) >= 11 is 0. The highest BCUT2D eigenvalue weighted by Gasteiger charge is 2.33. The van der Waals surface area contributed by atoms with Crippen molar-refractivity contribution in [2.45, 2.75) is 38.5 Å². The smallest absolute Gasteiger partial charge is 0.128 e. The molecule has 1 aliphatic heterocycles. The molecule has 118 valence electrons. The summed E-state index contributed by atoms with van der Waals surface area (Å²) in [5.74, 6) is 0.999. The van der Waals surface area contributed by atoms with Crippen LogP contribution in [-0.2, 0) is 9.47 Å². The number of rotatable bonds is 7. The largest absolute Gasteiger partial charge is 0.377 e. The first-order valence-corrected chi connectivity index (χ1v) is 7.69. The zero-order valence-electron chi connectivity index (χ0n) is 13.5. The van der Waals surface area contributed by atoms with Crippen LogP contribution in [0, 0.1) is 0 Å². The zero-order chi connectivity index (χ0) is 15.2. The molecule has 1 N–H and O–H groups in total. The fourth-order valence-corrected chi connectivity index (χ4v) is 2.74. The van der Waals surface area contributed by atoms with Gasteiger partial charge in [-0.15, -0.1) is 0 Å². The van der Waals surface area contributed by atoms with Gasteiger partial charge in [-0.05, 0) is 37.6 Å². The van der Waals surface area contributed by atoms with E-state index in [2.05, 4.69) is 41.2 Å². The van der Waals surface area contributed by atoms with Gasteiger partial charge in [0.05, 0.1) is 0 Å². The monoisotopic (exact) mass is 293 g/mol. The molecule has 21 heavy (non-hydrogen) atoms. The summed E-state index contributed by atoms with van der Waals surface area (Å²) in [4.78, 5) is 6.74. The maximum absolute atomic E-state index is 5.49. The average molecular weight is 293 g/mol. The van der Waals surface area contributed by atoms with Gasteiger partial charge in [0, 0.05) is 39.5 Å². The van der Waals surface area contributed by atoms with Crippen LogP contribution in [-0.4, -0.2) is 51.0 Å². The van der Waals surface area contributed by atoms with Crippen LogP contribution in [0.15, 0.2) is 18.3 Å². The van der Waals surface area contributed by atoms with E-state index in [4.69, 9.17) is 9.47 Å². The molecule has 0 saturated carbocycles. The van der Waals surface area contributed by atoms with E-state index in [1.807, 2.05) is 6.20 Å². The van der Waals surface area contributed by atoms with Crippen LogP contribution >= 0.6 is 0 Å². The number of anilines is 1. The summed E-state index contributed by atoms with van der Waals surface area (Å²) in [5, 5.41) is 3.51. The van der Waals surface area contributed by atoms with Gasteiger partial charge in [-0.3, -0.25) is 0 Å². The predicted octanol–water partition coefficient (Wildman–Crippen LogP) is 1.99. The SMILES string of the molecule is CCCNC(C)c1ccnc(N2CC(OC)C(OC)C2)c1. The van der Waals surface area contributed by atoms with Gasteiger partial charge < -0.3 is 19.7 Å². The summed E-state index contributed by atoms with van der Waals surface area (Å²) in [6, 6.07) is 4.58. The Kier molecular flexibility index (Phi) is 5.96. The molecule has 0 spiro atoms. The second kappa shape index (κ2) is 7.73. The topological polar surface area (TPSA) is 46.6 Å². The van der Waals surface area contributed by atoms with Gasteiger partial charge in [0.2, 0.25) is 0 Å². The lowest BCUT2D eigenvalue weighted by molar-refractivity contribution is -0.00461. The molecule has 0 bridgehead atoms. The van der Waals surface area contributed by atoms with Crippen LogP contribution in [0.4, 0.5) is 5.82 Å². The zero-order valence-corrected chi connectivity index (χ0v) is 13.5. The van der Waals surface area contributed by atoms with Crippen molar-refractivity contribution in [1.82, 2.24) is 10.3 Å². The van der Waals surface area contributed by atoms with Gasteiger partial charge in [0.1, 0.15) is 18.0 Å². The molecule has 2 heterocycles. The van der Waals surface area contributed by atoms with Gasteiger partial charge in [-0.25, -0.2) is 4.98 Å². The molecule has 0 aliphatic carbocycles. The quantitative estimate of drug-likeness (QED) is 0.833. The van der Waals surface area contributed by atoms with Gasteiger partial charge >= 0.3 is 0 Å². The Morgan fingerprint density at radius 2 is 2.00 bits per heavy atom. The third-order valence-corrected chi connectivity index (χ3v) is 4.11. The summed E-state index contributed by atoms with van der Waals surface area (Å²) in [5.41, 5.74) is 1.27. The molecule has 1 aliphatic rings. The van der Waals surface area contributed by atoms with Crippen molar-refractivity contribution in [3.8, 4) is 0 Å². The number of nitrogens with one attached hydrogen (secondary N) is 1. The first-order chi connectivity index (χ1) is 10.2. The molecule has 0 aromatic carbocycles. The van der Waals surface area contributed by atoms with Crippen LogP contribution in [0.3, 0.4) is 0 Å². The summed E-state index contributed by atoms with van der Waals surface area (Å²) in [6.45, 7) is 7.04. The first-order valence-electron chi connectivity index (χ1n) is 7.69. The van der Waals surface area contributed by atoms with Crippen molar-refractivity contribution in [2.75, 3.05) is 38.8 Å². The highest BCUT2D eigenvalue weighted by Crippen LogP contribution is 2.24. The Labute approximate surface area is 127 Å². The second-order valence-corrected chi connectivity index (χ2v) is 5.58. The van der Waals surface area contributed by atoms with Crippen molar-refractivity contribution in [2.24, 2.45) is 0 Å². The van der Waals surface area contributed by atoms with Crippen LogP contribution in [0.2, 0.25) is 0 Å². The highest BCUT2D eigenvalue weighted by atomic mass is 16.5. The number of pyridine rings is 1. The Hall–Kier alpha value is -1.17. The minimum Gasteiger partial charge on any atom is -0.377 e. The van der Waals surface area contributed by atoms with Gasteiger partial charge in [0.15, 0.2) is 0 Å². The van der Waals surface area contributed by atoms with E-state index in [-0.39, 0.29) is 12.2 Å². The summed E-state index contributed by atoms with van der Waals surface area (Å²) in [6.07, 6.45) is 3.24. The van der Waals surface area contributed by atoms with Gasteiger partial charge in [-0.2, -0.15) is 0 Å². The van der Waals surface area contributed by atoms with E-state index in [0.29, 0.717) is 6.04 Å². The van der Waals surface area contributed by atoms with Crippen LogP contribution < -0.4 is 10.2 Å². The Bertz CT molecular complexity index is 429. The van der Waals surface area contributed by atoms with Crippen molar-refractivity contribution >= 4 is 5.82 Å². The van der Waals surface area contributed by atoms with Crippen LogP contribution in [0.5, 0.6) is 0 Å². The van der Waals surface area contributed by atoms with Crippen molar-refractivity contribution in [1.29, 1.82) is 0 Å². The maximum atomic E-state index is 5.49. The third kappa shape index (κ3) is 3.93.